The second-order valence-electron chi connectivity index (χ2n) is 12.0. The molecular weight excluding hydrogens is 538 g/mol. The number of nitrogens with zero attached hydrogens (tertiary/aromatic N) is 2. The summed E-state index contributed by atoms with van der Waals surface area (Å²) in [5, 5.41) is 3.10. The van der Waals surface area contributed by atoms with Crippen LogP contribution in [0.2, 0.25) is 0 Å². The minimum Gasteiger partial charge on any atom is -0.378 e. The van der Waals surface area contributed by atoms with Crippen LogP contribution in [-0.2, 0) is 25.5 Å². The molecule has 0 aliphatic rings. The van der Waals surface area contributed by atoms with Gasteiger partial charge in [0.25, 0.3) is 0 Å². The van der Waals surface area contributed by atoms with Crippen molar-refractivity contribution in [1.82, 2.24) is 4.90 Å². The van der Waals surface area contributed by atoms with Crippen LogP contribution in [0.4, 0.5) is 5.69 Å². The van der Waals surface area contributed by atoms with Gasteiger partial charge in [0, 0.05) is 18.7 Å². The summed E-state index contributed by atoms with van der Waals surface area (Å²) in [6.45, 7) is 22.1. The number of ether oxygens (including phenoxy) is 2. The summed E-state index contributed by atoms with van der Waals surface area (Å²) in [6.07, 6.45) is 3.66. The number of para-hydroxylation sites is 1. The monoisotopic (exact) mass is 596 g/mol. The number of likely N-dealkylation sites (N-methyl/N-ethyl adjacent to an activating group) is 1. The molecule has 2 rings (SSSR count). The third-order valence-corrected chi connectivity index (χ3v) is 8.47. The standard InChI is InChI=1S/C36H57N3O4/c1-8-11-18-38(27-35(41)37-36-31(6)16-13-17-32(36)7)19-22-42-24-25-43-23-21-39(10-3,20-9-2)28-33(40)26-34-29(4)14-12-15-30(34)5/h12-17H,8-11,18-28H2,1-7H3/p+1. The van der Waals surface area contributed by atoms with Crippen molar-refractivity contribution in [3.63, 3.8) is 0 Å². The molecule has 0 spiro atoms. The molecule has 0 saturated carbocycles. The molecule has 43 heavy (non-hydrogen) atoms. The van der Waals surface area contributed by atoms with Crippen LogP contribution in [0.1, 0.15) is 67.9 Å². The molecule has 2 aromatic rings. The van der Waals surface area contributed by atoms with Crippen LogP contribution in [0, 0.1) is 27.7 Å². The fraction of sp³-hybridized carbons (Fsp3) is 0.611. The molecule has 0 heterocycles. The number of quaternary nitrogens is 1. The van der Waals surface area contributed by atoms with E-state index in [1.807, 2.05) is 32.0 Å². The maximum atomic E-state index is 13.2. The van der Waals surface area contributed by atoms with Crippen molar-refractivity contribution >= 4 is 17.4 Å². The van der Waals surface area contributed by atoms with Gasteiger partial charge in [-0.1, -0.05) is 56.7 Å². The summed E-state index contributed by atoms with van der Waals surface area (Å²) in [5.74, 6) is 0.306. The van der Waals surface area contributed by atoms with Crippen molar-refractivity contribution < 1.29 is 23.5 Å². The van der Waals surface area contributed by atoms with E-state index in [2.05, 4.69) is 63.0 Å². The maximum absolute atomic E-state index is 13.2. The Balaban J connectivity index is 1.75. The Labute approximate surface area is 261 Å². The molecule has 0 aliphatic carbocycles. The zero-order chi connectivity index (χ0) is 31.7. The smallest absolute Gasteiger partial charge is 0.238 e. The van der Waals surface area contributed by atoms with Gasteiger partial charge >= 0.3 is 0 Å². The van der Waals surface area contributed by atoms with Crippen LogP contribution < -0.4 is 5.32 Å². The first-order valence-corrected chi connectivity index (χ1v) is 16.3. The Morgan fingerprint density at radius 1 is 0.767 bits per heavy atom. The average Bonchev–Trinajstić information content (AvgIpc) is 2.97. The highest BCUT2D eigenvalue weighted by Gasteiger charge is 2.28. The number of hydrogen-bond donors (Lipinski definition) is 1. The van der Waals surface area contributed by atoms with Crippen LogP contribution in [0.25, 0.3) is 0 Å². The van der Waals surface area contributed by atoms with E-state index < -0.39 is 0 Å². The van der Waals surface area contributed by atoms with Crippen molar-refractivity contribution in [3.05, 3.63) is 64.2 Å². The third kappa shape index (κ3) is 12.9. The van der Waals surface area contributed by atoms with Gasteiger partial charge in [0.15, 0.2) is 5.78 Å². The van der Waals surface area contributed by atoms with E-state index in [1.165, 1.54) is 16.7 Å². The van der Waals surface area contributed by atoms with Crippen molar-refractivity contribution in [2.45, 2.75) is 74.1 Å². The molecule has 0 fully saturated rings. The first kappa shape index (κ1) is 36.6. The highest BCUT2D eigenvalue weighted by atomic mass is 16.5. The van der Waals surface area contributed by atoms with Gasteiger partial charge in [-0.15, -0.1) is 0 Å². The van der Waals surface area contributed by atoms with E-state index in [9.17, 15) is 9.59 Å². The highest BCUT2D eigenvalue weighted by Crippen LogP contribution is 2.19. The average molecular weight is 597 g/mol. The minimum absolute atomic E-state index is 0.00830. The number of benzene rings is 2. The lowest BCUT2D eigenvalue weighted by molar-refractivity contribution is -0.919. The number of carbonyl (C=O) groups is 2. The molecule has 2 aromatic carbocycles. The van der Waals surface area contributed by atoms with Gasteiger partial charge in [0.1, 0.15) is 13.1 Å². The second-order valence-corrected chi connectivity index (χ2v) is 12.0. The molecule has 0 aromatic heterocycles. The zero-order valence-electron chi connectivity index (χ0n) is 28.1. The van der Waals surface area contributed by atoms with E-state index in [-0.39, 0.29) is 5.91 Å². The number of aryl methyl sites for hydroxylation is 4. The van der Waals surface area contributed by atoms with Gasteiger partial charge in [-0.3, -0.25) is 14.5 Å². The topological polar surface area (TPSA) is 67.9 Å². The number of anilines is 1. The van der Waals surface area contributed by atoms with E-state index >= 15 is 0 Å². The van der Waals surface area contributed by atoms with E-state index in [4.69, 9.17) is 9.47 Å². The molecule has 0 saturated heterocycles. The van der Waals surface area contributed by atoms with Gasteiger partial charge in [-0.25, -0.2) is 0 Å². The van der Waals surface area contributed by atoms with Gasteiger partial charge in [-0.2, -0.15) is 0 Å². The first-order valence-electron chi connectivity index (χ1n) is 16.3. The summed E-state index contributed by atoms with van der Waals surface area (Å²) >= 11 is 0. The Bertz CT molecular complexity index is 1090. The molecule has 0 aliphatic heterocycles. The molecule has 1 atom stereocenters. The molecule has 1 amide bonds. The van der Waals surface area contributed by atoms with Crippen molar-refractivity contribution in [1.29, 1.82) is 0 Å². The van der Waals surface area contributed by atoms with Crippen molar-refractivity contribution in [3.8, 4) is 0 Å². The predicted octanol–water partition coefficient (Wildman–Crippen LogP) is 6.05. The van der Waals surface area contributed by atoms with E-state index in [0.29, 0.717) is 58.3 Å². The van der Waals surface area contributed by atoms with E-state index in [1.54, 1.807) is 0 Å². The van der Waals surface area contributed by atoms with Crippen LogP contribution in [-0.4, -0.2) is 93.3 Å². The minimum atomic E-state index is 0.00830. The van der Waals surface area contributed by atoms with Crippen LogP contribution >= 0.6 is 0 Å². The molecular formula is C36H58N3O4+. The molecule has 1 N–H and O–H groups in total. The summed E-state index contributed by atoms with van der Waals surface area (Å²) < 4.78 is 12.6. The lowest BCUT2D eigenvalue weighted by Gasteiger charge is -2.37. The number of unbranched alkanes of at least 4 members (excludes halogenated alkanes) is 1. The fourth-order valence-electron chi connectivity index (χ4n) is 5.75. The SMILES string of the molecule is CCCCN(CCOCCOCC[N+](CC)(CCC)CC(=O)Cc1c(C)cccc1C)CC(=O)Nc1c(C)cccc1C. The fourth-order valence-corrected chi connectivity index (χ4v) is 5.75. The Hall–Kier alpha value is -2.58. The lowest BCUT2D eigenvalue weighted by atomic mass is 9.97. The quantitative estimate of drug-likeness (QED) is 0.132. The zero-order valence-corrected chi connectivity index (χ0v) is 28.1. The summed E-state index contributed by atoms with van der Waals surface area (Å²) in [7, 11) is 0. The third-order valence-electron chi connectivity index (χ3n) is 8.47. The number of Topliss-reactive ketones (excluding diaryl/α,β-unsaturated/α-hetero) is 1. The Morgan fingerprint density at radius 2 is 1.37 bits per heavy atom. The number of amides is 1. The molecule has 240 valence electrons. The Kier molecular flexibility index (Phi) is 16.7. The second kappa shape index (κ2) is 19.6. The van der Waals surface area contributed by atoms with Crippen LogP contribution in [0.15, 0.2) is 36.4 Å². The van der Waals surface area contributed by atoms with Gasteiger partial charge in [-0.05, 0) is 81.8 Å². The number of hydrogen-bond acceptors (Lipinski definition) is 5. The molecule has 7 nitrogen and oxygen atoms in total. The predicted molar refractivity (Wildman–Crippen MR) is 178 cm³/mol. The van der Waals surface area contributed by atoms with Crippen molar-refractivity contribution in [2.75, 3.05) is 77.6 Å². The number of ketones is 1. The summed E-state index contributed by atoms with van der Waals surface area (Å²) in [6, 6.07) is 12.3. The van der Waals surface area contributed by atoms with Gasteiger partial charge < -0.3 is 19.3 Å². The maximum Gasteiger partial charge on any atom is 0.238 e. The lowest BCUT2D eigenvalue weighted by Crippen LogP contribution is -2.53. The van der Waals surface area contributed by atoms with Crippen molar-refractivity contribution in [2.24, 2.45) is 0 Å². The molecule has 0 bridgehead atoms. The van der Waals surface area contributed by atoms with E-state index in [0.717, 1.165) is 66.7 Å². The van der Waals surface area contributed by atoms with Gasteiger partial charge in [0.05, 0.1) is 46.1 Å². The normalized spacial score (nSPS) is 12.8. The molecule has 7 heteroatoms. The number of carbonyl (C=O) groups excluding carboxylic acids is 2. The van der Waals surface area contributed by atoms with Crippen LogP contribution in [0.3, 0.4) is 0 Å². The Morgan fingerprint density at radius 3 is 1.95 bits per heavy atom. The molecule has 1 unspecified atom stereocenters. The largest absolute Gasteiger partial charge is 0.378 e. The summed E-state index contributed by atoms with van der Waals surface area (Å²) in [4.78, 5) is 28.1. The number of nitrogens with one attached hydrogen (secondary N) is 1. The van der Waals surface area contributed by atoms with Crippen LogP contribution in [0.5, 0.6) is 0 Å². The highest BCUT2D eigenvalue weighted by molar-refractivity contribution is 5.93. The number of rotatable bonds is 22. The first-order chi connectivity index (χ1) is 20.6. The molecule has 0 radical (unpaired) electrons. The van der Waals surface area contributed by atoms with Gasteiger partial charge in [0.2, 0.25) is 5.91 Å². The summed E-state index contributed by atoms with van der Waals surface area (Å²) in [5.41, 5.74) is 6.61.